The molecule has 3 aromatic carbocycles. The fraction of sp³-hybridized carbons (Fsp3) is 0.154. The van der Waals surface area contributed by atoms with Crippen LogP contribution in [0.3, 0.4) is 0 Å². The zero-order valence-corrected chi connectivity index (χ0v) is 18.4. The zero-order valence-electron chi connectivity index (χ0n) is 18.4. The Morgan fingerprint density at radius 2 is 1.82 bits per heavy atom. The Morgan fingerprint density at radius 3 is 2.65 bits per heavy atom. The summed E-state index contributed by atoms with van der Waals surface area (Å²) in [5, 5.41) is 22.9. The second-order valence-electron chi connectivity index (χ2n) is 8.10. The number of fused-ring (bicyclic) bond motifs is 1. The Bertz CT molecular complexity index is 1560. The molecule has 0 saturated carbocycles. The van der Waals surface area contributed by atoms with Gasteiger partial charge in [0.05, 0.1) is 12.2 Å². The maximum atomic E-state index is 13.7. The number of para-hydroxylation sites is 1. The molecule has 2 heterocycles. The number of aromatic nitrogens is 4. The highest BCUT2D eigenvalue weighted by Gasteiger charge is 2.20. The third-order valence-electron chi connectivity index (χ3n) is 5.84. The summed E-state index contributed by atoms with van der Waals surface area (Å²) >= 11 is 0. The van der Waals surface area contributed by atoms with Crippen LogP contribution >= 0.6 is 0 Å². The van der Waals surface area contributed by atoms with Crippen LogP contribution in [0.5, 0.6) is 5.75 Å². The lowest BCUT2D eigenvalue weighted by Gasteiger charge is -2.16. The van der Waals surface area contributed by atoms with E-state index in [1.54, 1.807) is 36.4 Å². The fourth-order valence-corrected chi connectivity index (χ4v) is 4.25. The molecule has 8 heteroatoms. The Balaban J connectivity index is 1.62. The normalized spacial score (nSPS) is 11.2. The van der Waals surface area contributed by atoms with Gasteiger partial charge in [0.1, 0.15) is 22.6 Å². The molecule has 0 fully saturated rings. The lowest BCUT2D eigenvalue weighted by Crippen LogP contribution is -2.29. The topological polar surface area (TPSA) is 94.0 Å². The molecular weight excluding hydrogens is 435 g/mol. The summed E-state index contributed by atoms with van der Waals surface area (Å²) in [6, 6.07) is 18.6. The molecule has 5 rings (SSSR count). The molecule has 0 unspecified atom stereocenters. The first-order chi connectivity index (χ1) is 16.5. The number of aromatic hydroxyl groups is 1. The van der Waals surface area contributed by atoms with Gasteiger partial charge in [0.2, 0.25) is 0 Å². The molecule has 0 aliphatic heterocycles. The predicted octanol–water partition coefficient (Wildman–Crippen LogP) is 4.43. The van der Waals surface area contributed by atoms with E-state index >= 15 is 0 Å². The summed E-state index contributed by atoms with van der Waals surface area (Å²) in [7, 11) is 0. The van der Waals surface area contributed by atoms with Crippen molar-refractivity contribution in [3.63, 3.8) is 0 Å². The van der Waals surface area contributed by atoms with Crippen molar-refractivity contribution in [1.29, 1.82) is 0 Å². The second kappa shape index (κ2) is 8.90. The number of rotatable bonds is 6. The molecular formula is C26H21FN4O3. The van der Waals surface area contributed by atoms with Crippen LogP contribution in [0, 0.1) is 12.7 Å². The van der Waals surface area contributed by atoms with Gasteiger partial charge in [0, 0.05) is 22.3 Å². The van der Waals surface area contributed by atoms with Crippen molar-refractivity contribution in [3.05, 3.63) is 105 Å². The van der Waals surface area contributed by atoms with Crippen LogP contribution in [-0.4, -0.2) is 25.2 Å². The highest BCUT2D eigenvalue weighted by Crippen LogP contribution is 2.32. The lowest BCUT2D eigenvalue weighted by molar-refractivity contribution is 0.315. The number of benzene rings is 3. The van der Waals surface area contributed by atoms with Crippen LogP contribution in [0.2, 0.25) is 0 Å². The van der Waals surface area contributed by atoms with E-state index in [-0.39, 0.29) is 23.7 Å². The van der Waals surface area contributed by atoms with Gasteiger partial charge in [0.25, 0.3) is 5.56 Å². The molecule has 0 aliphatic rings. The zero-order chi connectivity index (χ0) is 23.7. The van der Waals surface area contributed by atoms with Crippen LogP contribution in [0.1, 0.15) is 22.4 Å². The minimum absolute atomic E-state index is 0.0648. The summed E-state index contributed by atoms with van der Waals surface area (Å²) in [5.74, 6) is -0.258. The highest BCUT2D eigenvalue weighted by molar-refractivity contribution is 5.77. The molecule has 0 aliphatic carbocycles. The SMILES string of the molecule is Cc1nn(Cc2cccc3nonc23)c(=O)c(CCc2cccc(F)c2)c1-c1ccccc1O. The second-order valence-corrected chi connectivity index (χ2v) is 8.10. The van der Waals surface area contributed by atoms with Gasteiger partial charge in [-0.3, -0.25) is 4.79 Å². The number of aryl methyl sites for hydroxylation is 2. The van der Waals surface area contributed by atoms with E-state index in [1.165, 1.54) is 16.8 Å². The van der Waals surface area contributed by atoms with E-state index in [0.717, 1.165) is 11.1 Å². The minimum atomic E-state index is -0.323. The van der Waals surface area contributed by atoms with Gasteiger partial charge in [-0.2, -0.15) is 5.10 Å². The van der Waals surface area contributed by atoms with Gasteiger partial charge in [-0.05, 0) is 59.9 Å². The highest BCUT2D eigenvalue weighted by atomic mass is 19.1. The van der Waals surface area contributed by atoms with Crippen molar-refractivity contribution in [1.82, 2.24) is 20.1 Å². The lowest BCUT2D eigenvalue weighted by atomic mass is 9.94. The first kappa shape index (κ1) is 21.5. The Kier molecular flexibility index (Phi) is 5.63. The molecule has 0 atom stereocenters. The van der Waals surface area contributed by atoms with Crippen LogP contribution in [-0.2, 0) is 19.4 Å². The quantitative estimate of drug-likeness (QED) is 0.406. The predicted molar refractivity (Wildman–Crippen MR) is 125 cm³/mol. The summed E-state index contributed by atoms with van der Waals surface area (Å²) < 4.78 is 19.9. The van der Waals surface area contributed by atoms with Gasteiger partial charge in [-0.1, -0.05) is 42.5 Å². The van der Waals surface area contributed by atoms with E-state index < -0.39 is 0 Å². The van der Waals surface area contributed by atoms with E-state index in [0.29, 0.717) is 46.3 Å². The Labute approximate surface area is 194 Å². The molecule has 170 valence electrons. The molecule has 34 heavy (non-hydrogen) atoms. The van der Waals surface area contributed by atoms with Crippen molar-refractivity contribution < 1.29 is 14.1 Å². The number of halogens is 1. The van der Waals surface area contributed by atoms with E-state index in [4.69, 9.17) is 4.63 Å². The van der Waals surface area contributed by atoms with Gasteiger partial charge in [-0.15, -0.1) is 0 Å². The molecule has 0 amide bonds. The standard InChI is InChI=1S/C26H21FN4O3/c1-16-24(20-9-2-3-11-23(20)32)21(13-12-17-6-4-8-19(27)14-17)26(33)31(28-16)15-18-7-5-10-22-25(18)30-34-29-22/h2-11,14,32H,12-13,15H2,1H3. The number of hydrogen-bond donors (Lipinski definition) is 1. The van der Waals surface area contributed by atoms with Crippen molar-refractivity contribution in [2.45, 2.75) is 26.3 Å². The summed E-state index contributed by atoms with van der Waals surface area (Å²) in [6.07, 6.45) is 0.810. The maximum Gasteiger partial charge on any atom is 0.270 e. The first-order valence-electron chi connectivity index (χ1n) is 10.8. The van der Waals surface area contributed by atoms with Gasteiger partial charge in [-0.25, -0.2) is 13.7 Å². The van der Waals surface area contributed by atoms with E-state index in [1.807, 2.05) is 25.1 Å². The first-order valence-corrected chi connectivity index (χ1v) is 10.8. The average Bonchev–Trinajstić information content (AvgIpc) is 3.31. The molecule has 0 spiro atoms. The van der Waals surface area contributed by atoms with Crippen molar-refractivity contribution in [2.24, 2.45) is 0 Å². The van der Waals surface area contributed by atoms with Crippen LogP contribution in [0.15, 0.2) is 76.2 Å². The minimum Gasteiger partial charge on any atom is -0.507 e. The summed E-state index contributed by atoms with van der Waals surface area (Å²) in [6.45, 7) is 1.99. The monoisotopic (exact) mass is 456 g/mol. The van der Waals surface area contributed by atoms with Gasteiger partial charge < -0.3 is 5.11 Å². The number of hydrogen-bond acceptors (Lipinski definition) is 6. The fourth-order valence-electron chi connectivity index (χ4n) is 4.25. The molecule has 7 nitrogen and oxygen atoms in total. The smallest absolute Gasteiger partial charge is 0.270 e. The van der Waals surface area contributed by atoms with E-state index in [9.17, 15) is 14.3 Å². The van der Waals surface area contributed by atoms with Crippen LogP contribution < -0.4 is 5.56 Å². The molecule has 5 aromatic rings. The third-order valence-corrected chi connectivity index (χ3v) is 5.84. The van der Waals surface area contributed by atoms with Crippen molar-refractivity contribution >= 4 is 11.0 Å². The molecule has 1 N–H and O–H groups in total. The molecule has 0 saturated heterocycles. The summed E-state index contributed by atoms with van der Waals surface area (Å²) in [5.41, 5.74) is 4.64. The largest absolute Gasteiger partial charge is 0.507 e. The molecule has 0 radical (unpaired) electrons. The van der Waals surface area contributed by atoms with Crippen molar-refractivity contribution in [3.8, 4) is 16.9 Å². The summed E-state index contributed by atoms with van der Waals surface area (Å²) in [4.78, 5) is 13.7. The number of phenols is 1. The molecule has 2 aromatic heterocycles. The third kappa shape index (κ3) is 4.05. The Morgan fingerprint density at radius 1 is 1.00 bits per heavy atom. The van der Waals surface area contributed by atoms with Crippen molar-refractivity contribution in [2.75, 3.05) is 0 Å². The van der Waals surface area contributed by atoms with Crippen LogP contribution in [0.25, 0.3) is 22.2 Å². The average molecular weight is 456 g/mol. The maximum absolute atomic E-state index is 13.7. The molecule has 0 bridgehead atoms. The van der Waals surface area contributed by atoms with E-state index in [2.05, 4.69) is 15.4 Å². The van der Waals surface area contributed by atoms with Gasteiger partial charge in [0.15, 0.2) is 0 Å². The number of phenolic OH excluding ortho intramolecular Hbond substituents is 1. The number of nitrogens with zero attached hydrogens (tertiary/aromatic N) is 4. The van der Waals surface area contributed by atoms with Gasteiger partial charge >= 0.3 is 0 Å². The Hall–Kier alpha value is -4.33. The van der Waals surface area contributed by atoms with Crippen LogP contribution in [0.4, 0.5) is 4.39 Å².